The molecule has 1 heterocycles. The van der Waals surface area contributed by atoms with Crippen molar-refractivity contribution in [3.8, 4) is 0 Å². The summed E-state index contributed by atoms with van der Waals surface area (Å²) in [5.41, 5.74) is 0. The Hall–Kier alpha value is -0.800. The second-order valence-corrected chi connectivity index (χ2v) is 4.18. The Kier molecular flexibility index (Phi) is 3.80. The van der Waals surface area contributed by atoms with E-state index in [0.717, 1.165) is 38.0 Å². The highest BCUT2D eigenvalue weighted by atomic mass is 16.3. The third-order valence-corrected chi connectivity index (χ3v) is 2.85. The van der Waals surface area contributed by atoms with Crippen molar-refractivity contribution in [2.45, 2.75) is 32.4 Å². The van der Waals surface area contributed by atoms with E-state index in [4.69, 9.17) is 4.42 Å². The van der Waals surface area contributed by atoms with Gasteiger partial charge < -0.3 is 9.73 Å². The van der Waals surface area contributed by atoms with Crippen LogP contribution in [0.1, 0.15) is 25.5 Å². The van der Waals surface area contributed by atoms with Crippen molar-refractivity contribution in [1.29, 1.82) is 0 Å². The monoisotopic (exact) mass is 208 g/mol. The molecule has 0 saturated heterocycles. The maximum atomic E-state index is 5.34. The van der Waals surface area contributed by atoms with Crippen LogP contribution in [0.4, 0.5) is 0 Å². The summed E-state index contributed by atoms with van der Waals surface area (Å²) in [6, 6.07) is 4.80. The first kappa shape index (κ1) is 10.7. The van der Waals surface area contributed by atoms with Gasteiger partial charge in [-0.3, -0.25) is 4.90 Å². The van der Waals surface area contributed by atoms with Crippen molar-refractivity contribution >= 4 is 0 Å². The van der Waals surface area contributed by atoms with Gasteiger partial charge >= 0.3 is 0 Å². The molecule has 1 fully saturated rings. The third-order valence-electron chi connectivity index (χ3n) is 2.85. The van der Waals surface area contributed by atoms with Crippen LogP contribution in [0.15, 0.2) is 22.8 Å². The van der Waals surface area contributed by atoms with Crippen molar-refractivity contribution in [2.24, 2.45) is 0 Å². The van der Waals surface area contributed by atoms with Gasteiger partial charge in [-0.15, -0.1) is 0 Å². The van der Waals surface area contributed by atoms with Crippen LogP contribution in [-0.4, -0.2) is 30.6 Å². The number of nitrogens with zero attached hydrogens (tertiary/aromatic N) is 1. The molecule has 0 radical (unpaired) electrons. The summed E-state index contributed by atoms with van der Waals surface area (Å²) < 4.78 is 5.34. The zero-order chi connectivity index (χ0) is 10.5. The Morgan fingerprint density at radius 3 is 3.00 bits per heavy atom. The predicted octanol–water partition coefficient (Wildman–Crippen LogP) is 1.85. The second kappa shape index (κ2) is 5.33. The summed E-state index contributed by atoms with van der Waals surface area (Å²) in [5.74, 6) is 1.06. The van der Waals surface area contributed by atoms with E-state index in [2.05, 4.69) is 17.1 Å². The van der Waals surface area contributed by atoms with Gasteiger partial charge in [-0.05, 0) is 31.5 Å². The number of likely N-dealkylation sites (N-methyl/N-ethyl adjacent to an activating group) is 1. The first-order valence-electron chi connectivity index (χ1n) is 5.86. The van der Waals surface area contributed by atoms with E-state index in [9.17, 15) is 0 Å². The fourth-order valence-corrected chi connectivity index (χ4v) is 1.69. The topological polar surface area (TPSA) is 28.4 Å². The molecule has 1 aliphatic rings. The molecule has 3 heteroatoms. The molecule has 3 nitrogen and oxygen atoms in total. The Morgan fingerprint density at radius 1 is 1.53 bits per heavy atom. The molecule has 0 amide bonds. The van der Waals surface area contributed by atoms with Crippen LogP contribution in [0.5, 0.6) is 0 Å². The van der Waals surface area contributed by atoms with E-state index in [-0.39, 0.29) is 0 Å². The molecule has 0 spiro atoms. The number of hydrogen-bond acceptors (Lipinski definition) is 3. The number of furan rings is 1. The lowest BCUT2D eigenvalue weighted by Gasteiger charge is -2.19. The molecular formula is C12H20N2O. The van der Waals surface area contributed by atoms with Gasteiger partial charge in [0, 0.05) is 19.1 Å². The van der Waals surface area contributed by atoms with E-state index in [1.54, 1.807) is 6.26 Å². The molecule has 0 bridgehead atoms. The Bertz CT molecular complexity index is 267. The fraction of sp³-hybridized carbons (Fsp3) is 0.667. The molecule has 1 aliphatic carbocycles. The number of rotatable bonds is 7. The van der Waals surface area contributed by atoms with Crippen LogP contribution >= 0.6 is 0 Å². The van der Waals surface area contributed by atoms with Crippen molar-refractivity contribution in [3.63, 3.8) is 0 Å². The van der Waals surface area contributed by atoms with E-state index in [0.29, 0.717) is 0 Å². The summed E-state index contributed by atoms with van der Waals surface area (Å²) >= 11 is 0. The minimum absolute atomic E-state index is 0.812. The van der Waals surface area contributed by atoms with Crippen LogP contribution in [0, 0.1) is 0 Å². The average Bonchev–Trinajstić information content (AvgIpc) is 2.93. The summed E-state index contributed by atoms with van der Waals surface area (Å²) in [6.07, 6.45) is 4.47. The summed E-state index contributed by atoms with van der Waals surface area (Å²) in [7, 11) is 0. The third kappa shape index (κ3) is 3.68. The summed E-state index contributed by atoms with van der Waals surface area (Å²) in [6.45, 7) is 6.40. The molecule has 0 atom stereocenters. The van der Waals surface area contributed by atoms with Crippen LogP contribution in [0.25, 0.3) is 0 Å². The van der Waals surface area contributed by atoms with Crippen LogP contribution in [0.2, 0.25) is 0 Å². The maximum absolute atomic E-state index is 5.34. The minimum atomic E-state index is 0.812. The molecule has 0 aliphatic heterocycles. The van der Waals surface area contributed by atoms with E-state index >= 15 is 0 Å². The first-order chi connectivity index (χ1) is 7.38. The van der Waals surface area contributed by atoms with Crippen LogP contribution in [-0.2, 0) is 6.54 Å². The van der Waals surface area contributed by atoms with Crippen LogP contribution in [0.3, 0.4) is 0 Å². The molecule has 1 saturated carbocycles. The summed E-state index contributed by atoms with van der Waals surface area (Å²) in [4.78, 5) is 2.40. The molecule has 0 unspecified atom stereocenters. The quantitative estimate of drug-likeness (QED) is 0.741. The van der Waals surface area contributed by atoms with Crippen molar-refractivity contribution in [3.05, 3.63) is 24.2 Å². The molecule has 2 rings (SSSR count). The number of hydrogen-bond donors (Lipinski definition) is 1. The van der Waals surface area contributed by atoms with E-state index in [1.807, 2.05) is 12.1 Å². The maximum Gasteiger partial charge on any atom is 0.117 e. The zero-order valence-electron chi connectivity index (χ0n) is 9.41. The highest BCUT2D eigenvalue weighted by Crippen LogP contribution is 2.18. The van der Waals surface area contributed by atoms with Gasteiger partial charge in [0.25, 0.3) is 0 Å². The van der Waals surface area contributed by atoms with Crippen molar-refractivity contribution < 1.29 is 4.42 Å². The molecule has 1 aromatic rings. The van der Waals surface area contributed by atoms with E-state index in [1.165, 1.54) is 12.8 Å². The zero-order valence-corrected chi connectivity index (χ0v) is 9.41. The van der Waals surface area contributed by atoms with Gasteiger partial charge in [0.2, 0.25) is 0 Å². The molecule has 15 heavy (non-hydrogen) atoms. The van der Waals surface area contributed by atoms with Gasteiger partial charge in [-0.25, -0.2) is 0 Å². The molecule has 0 aromatic carbocycles. The standard InChI is InChI=1S/C12H20N2O/c1-2-14(8-7-13-11-5-6-11)10-12-4-3-9-15-12/h3-4,9,11,13H,2,5-8,10H2,1H3. The van der Waals surface area contributed by atoms with Gasteiger partial charge in [0.1, 0.15) is 5.76 Å². The predicted molar refractivity (Wildman–Crippen MR) is 60.7 cm³/mol. The Balaban J connectivity index is 1.66. The average molecular weight is 208 g/mol. The Morgan fingerprint density at radius 2 is 2.40 bits per heavy atom. The van der Waals surface area contributed by atoms with E-state index < -0.39 is 0 Å². The van der Waals surface area contributed by atoms with Gasteiger partial charge in [0.15, 0.2) is 0 Å². The lowest BCUT2D eigenvalue weighted by atomic mass is 10.4. The largest absolute Gasteiger partial charge is 0.468 e. The molecular weight excluding hydrogens is 188 g/mol. The molecule has 1 aromatic heterocycles. The SMILES string of the molecule is CCN(CCNC1CC1)Cc1ccco1. The summed E-state index contributed by atoms with van der Waals surface area (Å²) in [5, 5.41) is 3.53. The molecule has 84 valence electrons. The van der Waals surface area contributed by atoms with Crippen molar-refractivity contribution in [2.75, 3.05) is 19.6 Å². The van der Waals surface area contributed by atoms with Gasteiger partial charge in [0.05, 0.1) is 12.8 Å². The highest BCUT2D eigenvalue weighted by molar-refractivity contribution is 4.97. The minimum Gasteiger partial charge on any atom is -0.468 e. The van der Waals surface area contributed by atoms with Gasteiger partial charge in [-0.1, -0.05) is 6.92 Å². The normalized spacial score (nSPS) is 16.1. The van der Waals surface area contributed by atoms with Crippen LogP contribution < -0.4 is 5.32 Å². The smallest absolute Gasteiger partial charge is 0.117 e. The van der Waals surface area contributed by atoms with Crippen molar-refractivity contribution in [1.82, 2.24) is 10.2 Å². The van der Waals surface area contributed by atoms with Gasteiger partial charge in [-0.2, -0.15) is 0 Å². The fourth-order valence-electron chi connectivity index (χ4n) is 1.69. The lowest BCUT2D eigenvalue weighted by Crippen LogP contribution is -2.32. The highest BCUT2D eigenvalue weighted by Gasteiger charge is 2.19. The first-order valence-corrected chi connectivity index (χ1v) is 5.86. The second-order valence-electron chi connectivity index (χ2n) is 4.18. The molecule has 1 N–H and O–H groups in total. The number of nitrogens with one attached hydrogen (secondary N) is 1. The Labute approximate surface area is 91.4 Å². The lowest BCUT2D eigenvalue weighted by molar-refractivity contribution is 0.255.